The number of hydrogen-bond donors (Lipinski definition) is 1. The van der Waals surface area contributed by atoms with Crippen molar-refractivity contribution in [1.82, 2.24) is 10.2 Å². The molecule has 3 aromatic rings. The van der Waals surface area contributed by atoms with Gasteiger partial charge in [0.2, 0.25) is 5.91 Å². The second-order valence-electron chi connectivity index (χ2n) is 8.55. The fraction of sp³-hybridized carbons (Fsp3) is 0.296. The van der Waals surface area contributed by atoms with Crippen molar-refractivity contribution in [3.63, 3.8) is 0 Å². The monoisotopic (exact) mass is 450 g/mol. The van der Waals surface area contributed by atoms with E-state index < -0.39 is 0 Å². The average molecular weight is 451 g/mol. The lowest BCUT2D eigenvalue weighted by molar-refractivity contribution is -0.127. The molecule has 1 saturated heterocycles. The fourth-order valence-corrected chi connectivity index (χ4v) is 4.43. The number of rotatable bonds is 6. The second-order valence-corrected chi connectivity index (χ2v) is 8.99. The van der Waals surface area contributed by atoms with E-state index in [1.807, 2.05) is 30.3 Å². The summed E-state index contributed by atoms with van der Waals surface area (Å²) in [6.07, 6.45) is 1.52. The molecule has 0 aromatic heterocycles. The van der Waals surface area contributed by atoms with Crippen LogP contribution in [-0.4, -0.2) is 23.9 Å². The molecule has 1 aliphatic heterocycles. The lowest BCUT2D eigenvalue weighted by Gasteiger charge is -2.32. The Bertz CT molecular complexity index is 1050. The number of nitrogens with one attached hydrogen (secondary N) is 1. The summed E-state index contributed by atoms with van der Waals surface area (Å²) in [7, 11) is 0. The molecule has 0 saturated carbocycles. The van der Waals surface area contributed by atoms with Crippen LogP contribution in [0.1, 0.15) is 41.1 Å². The van der Waals surface area contributed by atoms with E-state index in [9.17, 15) is 9.18 Å². The zero-order chi connectivity index (χ0) is 22.5. The van der Waals surface area contributed by atoms with Gasteiger partial charge in [-0.3, -0.25) is 9.69 Å². The Morgan fingerprint density at radius 2 is 1.69 bits per heavy atom. The quantitative estimate of drug-likeness (QED) is 0.506. The van der Waals surface area contributed by atoms with Crippen molar-refractivity contribution in [3.8, 4) is 0 Å². The van der Waals surface area contributed by atoms with Crippen molar-refractivity contribution in [2.45, 2.75) is 32.4 Å². The van der Waals surface area contributed by atoms with Crippen molar-refractivity contribution in [2.24, 2.45) is 5.92 Å². The van der Waals surface area contributed by atoms with Gasteiger partial charge < -0.3 is 5.32 Å². The summed E-state index contributed by atoms with van der Waals surface area (Å²) in [5.74, 6) is -0.240. The topological polar surface area (TPSA) is 32.3 Å². The minimum absolute atomic E-state index is 0.0435. The van der Waals surface area contributed by atoms with Crippen LogP contribution in [0.5, 0.6) is 0 Å². The van der Waals surface area contributed by atoms with Crippen molar-refractivity contribution in [2.75, 3.05) is 13.1 Å². The number of aryl methyl sites for hydroxylation is 1. The molecule has 1 atom stereocenters. The summed E-state index contributed by atoms with van der Waals surface area (Å²) in [5, 5.41) is 3.69. The molecule has 4 rings (SSSR count). The highest BCUT2D eigenvalue weighted by Crippen LogP contribution is 2.26. The molecule has 1 fully saturated rings. The molecule has 32 heavy (non-hydrogen) atoms. The zero-order valence-electron chi connectivity index (χ0n) is 18.2. The molecule has 0 bridgehead atoms. The van der Waals surface area contributed by atoms with Crippen molar-refractivity contribution < 1.29 is 9.18 Å². The Morgan fingerprint density at radius 1 is 1.03 bits per heavy atom. The molecule has 1 heterocycles. The van der Waals surface area contributed by atoms with Gasteiger partial charge in [0, 0.05) is 23.0 Å². The molecule has 166 valence electrons. The van der Waals surface area contributed by atoms with E-state index in [4.69, 9.17) is 11.6 Å². The van der Waals surface area contributed by atoms with Gasteiger partial charge in [0.25, 0.3) is 0 Å². The van der Waals surface area contributed by atoms with Crippen LogP contribution < -0.4 is 5.32 Å². The predicted molar refractivity (Wildman–Crippen MR) is 127 cm³/mol. The first-order chi connectivity index (χ1) is 15.5. The highest BCUT2D eigenvalue weighted by Gasteiger charge is 2.27. The number of carbonyl (C=O) groups excluding carboxylic acids is 1. The highest BCUT2D eigenvalue weighted by molar-refractivity contribution is 6.30. The van der Waals surface area contributed by atoms with Crippen LogP contribution in [0.4, 0.5) is 4.39 Å². The fourth-order valence-electron chi connectivity index (χ4n) is 4.27. The van der Waals surface area contributed by atoms with Gasteiger partial charge in [0.05, 0.1) is 6.04 Å². The first kappa shape index (κ1) is 22.5. The maximum atomic E-state index is 14.1. The number of halogens is 2. The van der Waals surface area contributed by atoms with Gasteiger partial charge in [0.15, 0.2) is 0 Å². The molecule has 3 nitrogen and oxygen atoms in total. The third-order valence-electron chi connectivity index (χ3n) is 6.20. The molecule has 0 radical (unpaired) electrons. The van der Waals surface area contributed by atoms with E-state index in [-0.39, 0.29) is 23.7 Å². The molecular formula is C27H28ClFN2O. The molecule has 5 heteroatoms. The molecule has 0 spiro atoms. The second kappa shape index (κ2) is 10.3. The van der Waals surface area contributed by atoms with Crippen molar-refractivity contribution >= 4 is 17.5 Å². The minimum atomic E-state index is -0.277. The number of piperidine rings is 1. The maximum Gasteiger partial charge on any atom is 0.223 e. The number of hydrogen-bond acceptors (Lipinski definition) is 2. The summed E-state index contributed by atoms with van der Waals surface area (Å²) in [6, 6.07) is 23.0. The van der Waals surface area contributed by atoms with Gasteiger partial charge in [-0.15, -0.1) is 0 Å². The van der Waals surface area contributed by atoms with Crippen molar-refractivity contribution in [3.05, 3.63) is 106 Å². The van der Waals surface area contributed by atoms with Crippen molar-refractivity contribution in [1.29, 1.82) is 0 Å². The lowest BCUT2D eigenvalue weighted by Crippen LogP contribution is -2.41. The summed E-state index contributed by atoms with van der Waals surface area (Å²) < 4.78 is 14.1. The van der Waals surface area contributed by atoms with Crippen LogP contribution >= 0.6 is 11.6 Å². The first-order valence-corrected chi connectivity index (χ1v) is 11.5. The smallest absolute Gasteiger partial charge is 0.223 e. The zero-order valence-corrected chi connectivity index (χ0v) is 19.0. The third-order valence-corrected chi connectivity index (χ3v) is 6.43. The maximum absolute atomic E-state index is 14.1. The summed E-state index contributed by atoms with van der Waals surface area (Å²) >= 11 is 5.85. The molecule has 1 N–H and O–H groups in total. The number of benzene rings is 3. The van der Waals surface area contributed by atoms with E-state index in [0.717, 1.165) is 37.1 Å². The van der Waals surface area contributed by atoms with Crippen LogP contribution in [0.2, 0.25) is 5.02 Å². The molecule has 0 aliphatic carbocycles. The molecule has 3 aromatic carbocycles. The van der Waals surface area contributed by atoms with E-state index >= 15 is 0 Å². The third kappa shape index (κ3) is 5.56. The number of amides is 1. The van der Waals surface area contributed by atoms with Crippen LogP contribution in [0, 0.1) is 18.7 Å². The van der Waals surface area contributed by atoms with Crippen LogP contribution in [0.15, 0.2) is 72.8 Å². The Hall–Kier alpha value is -2.69. The van der Waals surface area contributed by atoms with Gasteiger partial charge in [-0.2, -0.15) is 0 Å². The van der Waals surface area contributed by atoms with E-state index in [2.05, 4.69) is 41.4 Å². The Kier molecular flexibility index (Phi) is 7.23. The number of nitrogens with zero attached hydrogens (tertiary/aromatic N) is 1. The van der Waals surface area contributed by atoms with Gasteiger partial charge in [0.1, 0.15) is 5.82 Å². The average Bonchev–Trinajstić information content (AvgIpc) is 2.81. The van der Waals surface area contributed by atoms with Gasteiger partial charge >= 0.3 is 0 Å². The largest absolute Gasteiger partial charge is 0.345 e. The summed E-state index contributed by atoms with van der Waals surface area (Å²) in [6.45, 7) is 4.12. The summed E-state index contributed by atoms with van der Waals surface area (Å²) in [5.41, 5.74) is 3.98. The number of likely N-dealkylation sites (tertiary alicyclic amines) is 1. The summed E-state index contributed by atoms with van der Waals surface area (Å²) in [4.78, 5) is 15.4. The Morgan fingerprint density at radius 3 is 2.34 bits per heavy atom. The molecule has 1 aliphatic rings. The standard InChI is InChI=1S/C27H28ClFN2O/c1-19-7-9-21(10-8-19)26(20-5-3-2-4-6-20)30-27(32)22-13-15-31(16-14-22)18-23-11-12-24(28)17-25(23)29/h2-12,17,22,26H,13-16,18H2,1H3,(H,30,32). The first-order valence-electron chi connectivity index (χ1n) is 11.1. The Labute approximate surface area is 194 Å². The van der Waals surface area contributed by atoms with Crippen LogP contribution in [-0.2, 0) is 11.3 Å². The Balaban J connectivity index is 1.39. The number of carbonyl (C=O) groups is 1. The van der Waals surface area contributed by atoms with Gasteiger partial charge in [-0.1, -0.05) is 77.8 Å². The highest BCUT2D eigenvalue weighted by atomic mass is 35.5. The normalized spacial score (nSPS) is 16.0. The SMILES string of the molecule is Cc1ccc(C(NC(=O)C2CCN(Cc3ccc(Cl)cc3F)CC2)c2ccccc2)cc1. The lowest BCUT2D eigenvalue weighted by atomic mass is 9.93. The van der Waals surface area contributed by atoms with Gasteiger partial charge in [-0.05, 0) is 56.1 Å². The van der Waals surface area contributed by atoms with E-state index in [1.165, 1.54) is 11.6 Å². The molecule has 1 unspecified atom stereocenters. The van der Waals surface area contributed by atoms with Gasteiger partial charge in [-0.25, -0.2) is 4.39 Å². The van der Waals surface area contributed by atoms with Crippen LogP contribution in [0.25, 0.3) is 0 Å². The van der Waals surface area contributed by atoms with E-state index in [0.29, 0.717) is 17.1 Å². The van der Waals surface area contributed by atoms with E-state index in [1.54, 1.807) is 12.1 Å². The minimum Gasteiger partial charge on any atom is -0.345 e. The molecular weight excluding hydrogens is 423 g/mol. The van der Waals surface area contributed by atoms with Crippen LogP contribution in [0.3, 0.4) is 0 Å². The predicted octanol–water partition coefficient (Wildman–Crippen LogP) is 5.91. The molecule has 1 amide bonds.